The second kappa shape index (κ2) is 8.53. The molecule has 150 valence electrons. The number of hydrogen-bond donors (Lipinski definition) is 0. The predicted molar refractivity (Wildman–Crippen MR) is 109 cm³/mol. The number of thiazole rings is 1. The Bertz CT molecular complexity index is 812. The van der Waals surface area contributed by atoms with Crippen molar-refractivity contribution < 1.29 is 9.53 Å². The van der Waals surface area contributed by atoms with Gasteiger partial charge in [-0.3, -0.25) is 4.79 Å². The van der Waals surface area contributed by atoms with Gasteiger partial charge in [-0.15, -0.1) is 11.3 Å². The molecule has 0 N–H and O–H groups in total. The van der Waals surface area contributed by atoms with E-state index in [1.54, 1.807) is 5.51 Å². The highest BCUT2D eigenvalue weighted by Gasteiger charge is 2.28. The van der Waals surface area contributed by atoms with Crippen LogP contribution >= 0.6 is 11.3 Å². The van der Waals surface area contributed by atoms with Crippen LogP contribution in [0.3, 0.4) is 0 Å². The largest absolute Gasteiger partial charge is 0.378 e. The van der Waals surface area contributed by atoms with Crippen LogP contribution < -0.4 is 4.90 Å². The van der Waals surface area contributed by atoms with Crippen LogP contribution in [0.2, 0.25) is 0 Å². The van der Waals surface area contributed by atoms with Gasteiger partial charge in [-0.05, 0) is 26.2 Å². The van der Waals surface area contributed by atoms with Crippen molar-refractivity contribution in [3.8, 4) is 0 Å². The molecule has 2 aliphatic heterocycles. The zero-order valence-electron chi connectivity index (χ0n) is 16.6. The number of aromatic nitrogens is 3. The zero-order chi connectivity index (χ0) is 19.5. The van der Waals surface area contributed by atoms with Gasteiger partial charge in [-0.25, -0.2) is 15.0 Å². The van der Waals surface area contributed by atoms with Gasteiger partial charge in [0.05, 0.1) is 18.7 Å². The zero-order valence-corrected chi connectivity index (χ0v) is 17.4. The van der Waals surface area contributed by atoms with Crippen molar-refractivity contribution in [1.29, 1.82) is 0 Å². The topological polar surface area (TPSA) is 71.5 Å². The first kappa shape index (κ1) is 19.3. The summed E-state index contributed by atoms with van der Waals surface area (Å²) in [5.41, 5.74) is 4.58. The van der Waals surface area contributed by atoms with Gasteiger partial charge in [0.25, 0.3) is 5.91 Å². The molecule has 28 heavy (non-hydrogen) atoms. The molecule has 0 spiro atoms. The van der Waals surface area contributed by atoms with Gasteiger partial charge in [-0.2, -0.15) is 0 Å². The van der Waals surface area contributed by atoms with Gasteiger partial charge in [0, 0.05) is 48.7 Å². The number of morpholine rings is 1. The van der Waals surface area contributed by atoms with Crippen LogP contribution in [0.5, 0.6) is 0 Å². The fraction of sp³-hybridized carbons (Fsp3) is 0.600. The molecule has 0 aromatic carbocycles. The van der Waals surface area contributed by atoms with E-state index in [9.17, 15) is 4.79 Å². The molecule has 0 bridgehead atoms. The first-order chi connectivity index (χ1) is 13.7. The Labute approximate surface area is 169 Å². The number of nitrogens with zero attached hydrogens (tertiary/aromatic N) is 5. The van der Waals surface area contributed by atoms with Crippen molar-refractivity contribution >= 4 is 23.1 Å². The van der Waals surface area contributed by atoms with E-state index in [4.69, 9.17) is 14.7 Å². The van der Waals surface area contributed by atoms with Crippen LogP contribution in [0.15, 0.2) is 10.9 Å². The minimum Gasteiger partial charge on any atom is -0.378 e. The van der Waals surface area contributed by atoms with Crippen molar-refractivity contribution in [1.82, 2.24) is 19.9 Å². The van der Waals surface area contributed by atoms with E-state index in [2.05, 4.69) is 23.7 Å². The third kappa shape index (κ3) is 3.89. The Morgan fingerprint density at radius 2 is 1.96 bits per heavy atom. The van der Waals surface area contributed by atoms with Gasteiger partial charge in [0.2, 0.25) is 0 Å². The average Bonchev–Trinajstić information content (AvgIpc) is 3.28. The van der Waals surface area contributed by atoms with Gasteiger partial charge in [0.1, 0.15) is 17.3 Å². The highest BCUT2D eigenvalue weighted by molar-refractivity contribution is 7.07. The van der Waals surface area contributed by atoms with E-state index in [1.165, 1.54) is 16.9 Å². The van der Waals surface area contributed by atoms with Crippen molar-refractivity contribution in [2.45, 2.75) is 39.0 Å². The summed E-state index contributed by atoms with van der Waals surface area (Å²) < 4.78 is 5.51. The summed E-state index contributed by atoms with van der Waals surface area (Å²) in [4.78, 5) is 30.8. The molecule has 4 rings (SSSR count). The Morgan fingerprint density at radius 1 is 1.21 bits per heavy atom. The first-order valence-corrected chi connectivity index (χ1v) is 11.0. The lowest BCUT2D eigenvalue weighted by molar-refractivity contribution is 0.0706. The number of ether oxygens (including phenoxy) is 1. The molecule has 0 atom stereocenters. The lowest BCUT2D eigenvalue weighted by atomic mass is 9.95. The van der Waals surface area contributed by atoms with E-state index >= 15 is 0 Å². The molecule has 7 nitrogen and oxygen atoms in total. The first-order valence-electron chi connectivity index (χ1n) is 10.0. The Morgan fingerprint density at radius 3 is 2.61 bits per heavy atom. The molecule has 0 radical (unpaired) electrons. The molecule has 0 saturated carbocycles. The van der Waals surface area contributed by atoms with E-state index in [1.807, 2.05) is 10.3 Å². The maximum atomic E-state index is 12.5. The second-order valence-corrected chi connectivity index (χ2v) is 8.08. The molecule has 2 aliphatic rings. The number of carbonyl (C=O) groups is 1. The maximum absolute atomic E-state index is 12.5. The molecule has 2 saturated heterocycles. The molecule has 1 amide bonds. The number of likely N-dealkylation sites (tertiary alicyclic amines) is 1. The molecule has 8 heteroatoms. The third-order valence-electron chi connectivity index (χ3n) is 5.67. The van der Waals surface area contributed by atoms with E-state index < -0.39 is 0 Å². The van der Waals surface area contributed by atoms with Crippen molar-refractivity contribution in [2.24, 2.45) is 0 Å². The lowest BCUT2D eigenvalue weighted by Crippen LogP contribution is -2.39. The molecular formula is C20H27N5O2S. The Hall–Kier alpha value is -2.06. The quantitative estimate of drug-likeness (QED) is 0.784. The number of piperidine rings is 1. The van der Waals surface area contributed by atoms with Crippen LogP contribution in [0.4, 0.5) is 5.82 Å². The van der Waals surface area contributed by atoms with Crippen molar-refractivity contribution in [2.75, 3.05) is 44.3 Å². The molecular weight excluding hydrogens is 374 g/mol. The summed E-state index contributed by atoms with van der Waals surface area (Å²) in [5, 5.41) is 1.82. The van der Waals surface area contributed by atoms with Gasteiger partial charge in [-0.1, -0.05) is 6.92 Å². The predicted octanol–water partition coefficient (Wildman–Crippen LogP) is 2.66. The summed E-state index contributed by atoms with van der Waals surface area (Å²) in [6.45, 7) is 8.97. The fourth-order valence-corrected chi connectivity index (χ4v) is 4.58. The normalized spacial score (nSPS) is 18.5. The summed E-state index contributed by atoms with van der Waals surface area (Å²) in [6, 6.07) is 0. The number of hydrogen-bond acceptors (Lipinski definition) is 7. The van der Waals surface area contributed by atoms with Crippen LogP contribution in [-0.2, 0) is 11.2 Å². The molecule has 0 unspecified atom stereocenters. The number of carbonyl (C=O) groups excluding carboxylic acids is 1. The molecule has 4 heterocycles. The smallest absolute Gasteiger partial charge is 0.273 e. The van der Waals surface area contributed by atoms with Crippen LogP contribution in [0.25, 0.3) is 0 Å². The molecule has 2 fully saturated rings. The second-order valence-electron chi connectivity index (χ2n) is 7.36. The summed E-state index contributed by atoms with van der Waals surface area (Å²) in [5.74, 6) is 2.34. The minimum atomic E-state index is 0.0344. The highest BCUT2D eigenvalue weighted by Crippen LogP contribution is 2.30. The van der Waals surface area contributed by atoms with E-state index in [-0.39, 0.29) is 5.91 Å². The standard InChI is InChI=1S/C20H27N5O2S/c1-3-16-14(2)22-18(23-19(16)24-8-10-27-11-9-24)15-4-6-25(7-5-15)20(26)17-12-28-13-21-17/h12-13,15H,3-11H2,1-2H3. The number of rotatable bonds is 4. The van der Waals surface area contributed by atoms with Crippen molar-refractivity contribution in [3.63, 3.8) is 0 Å². The van der Waals surface area contributed by atoms with Crippen LogP contribution in [0.1, 0.15) is 53.3 Å². The fourth-order valence-electron chi connectivity index (χ4n) is 4.06. The molecule has 2 aromatic rings. The Kier molecular flexibility index (Phi) is 5.87. The van der Waals surface area contributed by atoms with Gasteiger partial charge >= 0.3 is 0 Å². The third-order valence-corrected chi connectivity index (χ3v) is 6.26. The lowest BCUT2D eigenvalue weighted by Gasteiger charge is -2.33. The molecule has 2 aromatic heterocycles. The number of aryl methyl sites for hydroxylation is 1. The van der Waals surface area contributed by atoms with E-state index in [0.717, 1.165) is 76.0 Å². The maximum Gasteiger partial charge on any atom is 0.273 e. The minimum absolute atomic E-state index is 0.0344. The van der Waals surface area contributed by atoms with Gasteiger partial charge < -0.3 is 14.5 Å². The SMILES string of the molecule is CCc1c(C)nc(C2CCN(C(=O)c3cscn3)CC2)nc1N1CCOCC1. The van der Waals surface area contributed by atoms with Crippen LogP contribution in [0, 0.1) is 6.92 Å². The average molecular weight is 402 g/mol. The van der Waals surface area contributed by atoms with Gasteiger partial charge in [0.15, 0.2) is 0 Å². The van der Waals surface area contributed by atoms with Crippen LogP contribution in [-0.4, -0.2) is 65.2 Å². The monoisotopic (exact) mass is 401 g/mol. The summed E-state index contributed by atoms with van der Waals surface area (Å²) >= 11 is 1.46. The Balaban J connectivity index is 1.50. The van der Waals surface area contributed by atoms with E-state index in [0.29, 0.717) is 11.6 Å². The summed E-state index contributed by atoms with van der Waals surface area (Å²) in [6.07, 6.45) is 2.71. The summed E-state index contributed by atoms with van der Waals surface area (Å²) in [7, 11) is 0. The van der Waals surface area contributed by atoms with Crippen molar-refractivity contribution in [3.05, 3.63) is 33.7 Å². The number of anilines is 1. The highest BCUT2D eigenvalue weighted by atomic mass is 32.1. The number of amides is 1. The molecule has 0 aliphatic carbocycles.